The summed E-state index contributed by atoms with van der Waals surface area (Å²) in [6.45, 7) is 8.19. The van der Waals surface area contributed by atoms with Gasteiger partial charge in [0.1, 0.15) is 0 Å². The van der Waals surface area contributed by atoms with E-state index < -0.39 is 0 Å². The second kappa shape index (κ2) is 11.0. The lowest BCUT2D eigenvalue weighted by Gasteiger charge is -2.22. The van der Waals surface area contributed by atoms with E-state index in [1.54, 1.807) is 0 Å². The maximum absolute atomic E-state index is 5.74. The molecule has 0 aromatic carbocycles. The second-order valence-electron chi connectivity index (χ2n) is 4.40. The van der Waals surface area contributed by atoms with Crippen LogP contribution in [0.15, 0.2) is 0 Å². The third kappa shape index (κ3) is 8.55. The highest BCUT2D eigenvalue weighted by Crippen LogP contribution is 2.09. The number of ether oxygens (including phenoxy) is 3. The Balaban J connectivity index is 1.75. The van der Waals surface area contributed by atoms with Crippen LogP contribution in [-0.4, -0.2) is 52.2 Å². The predicted molar refractivity (Wildman–Crippen MR) is 68.4 cm³/mol. The number of unbranched alkanes of at least 4 members (excludes halogenated alkanes) is 1. The van der Waals surface area contributed by atoms with E-state index in [-0.39, 0.29) is 0 Å². The standard InChI is InChI=1S/C13H27NO3/c1-2-3-8-15-11-6-14-7-12-17-13-4-9-16-10-5-13/h13-14H,2-12H2,1H3. The van der Waals surface area contributed by atoms with Gasteiger partial charge in [-0.05, 0) is 19.3 Å². The maximum Gasteiger partial charge on any atom is 0.0619 e. The average Bonchev–Trinajstić information content (AvgIpc) is 2.38. The van der Waals surface area contributed by atoms with Gasteiger partial charge in [-0.2, -0.15) is 0 Å². The van der Waals surface area contributed by atoms with Crippen molar-refractivity contribution >= 4 is 0 Å². The molecule has 1 aliphatic rings. The molecule has 0 aliphatic carbocycles. The van der Waals surface area contributed by atoms with Gasteiger partial charge in [0.15, 0.2) is 0 Å². The molecule has 0 aromatic heterocycles. The number of hydrogen-bond donors (Lipinski definition) is 1. The van der Waals surface area contributed by atoms with Crippen LogP contribution in [0, 0.1) is 0 Å². The van der Waals surface area contributed by atoms with Crippen LogP contribution in [0.5, 0.6) is 0 Å². The van der Waals surface area contributed by atoms with Crippen molar-refractivity contribution in [3.63, 3.8) is 0 Å². The van der Waals surface area contributed by atoms with Crippen LogP contribution in [0.4, 0.5) is 0 Å². The molecule has 4 nitrogen and oxygen atoms in total. The zero-order valence-electron chi connectivity index (χ0n) is 11.1. The highest BCUT2D eigenvalue weighted by Gasteiger charge is 2.13. The third-order valence-corrected chi connectivity index (χ3v) is 2.87. The predicted octanol–water partition coefficient (Wildman–Crippen LogP) is 1.59. The summed E-state index contributed by atoms with van der Waals surface area (Å²) in [6.07, 6.45) is 4.85. The summed E-state index contributed by atoms with van der Waals surface area (Å²) in [6, 6.07) is 0. The molecule has 0 saturated carbocycles. The molecule has 0 radical (unpaired) electrons. The molecule has 1 saturated heterocycles. The summed E-state index contributed by atoms with van der Waals surface area (Å²) in [7, 11) is 0. The molecule has 0 spiro atoms. The Morgan fingerprint density at radius 3 is 2.65 bits per heavy atom. The normalized spacial score (nSPS) is 17.5. The number of nitrogens with one attached hydrogen (secondary N) is 1. The molecular formula is C13H27NO3. The van der Waals surface area contributed by atoms with Crippen molar-refractivity contribution in [2.24, 2.45) is 0 Å². The van der Waals surface area contributed by atoms with Gasteiger partial charge < -0.3 is 19.5 Å². The lowest BCUT2D eigenvalue weighted by Crippen LogP contribution is -2.29. The highest BCUT2D eigenvalue weighted by molar-refractivity contribution is 4.62. The van der Waals surface area contributed by atoms with Crippen LogP contribution in [0.1, 0.15) is 32.6 Å². The van der Waals surface area contributed by atoms with Gasteiger partial charge in [0.05, 0.1) is 19.3 Å². The van der Waals surface area contributed by atoms with E-state index in [0.29, 0.717) is 6.10 Å². The van der Waals surface area contributed by atoms with Crippen LogP contribution in [0.2, 0.25) is 0 Å². The summed E-state index contributed by atoms with van der Waals surface area (Å²) >= 11 is 0. The minimum atomic E-state index is 0.409. The first-order chi connectivity index (χ1) is 8.43. The molecule has 17 heavy (non-hydrogen) atoms. The third-order valence-electron chi connectivity index (χ3n) is 2.87. The SMILES string of the molecule is CCCCOCCNCCOC1CCOCC1. The first-order valence-electron chi connectivity index (χ1n) is 6.91. The van der Waals surface area contributed by atoms with E-state index >= 15 is 0 Å². The molecule has 1 rings (SSSR count). The lowest BCUT2D eigenvalue weighted by atomic mass is 10.2. The smallest absolute Gasteiger partial charge is 0.0619 e. The van der Waals surface area contributed by atoms with Gasteiger partial charge in [0, 0.05) is 32.9 Å². The summed E-state index contributed by atoms with van der Waals surface area (Å²) in [5, 5.41) is 3.32. The molecule has 1 fully saturated rings. The van der Waals surface area contributed by atoms with Crippen molar-refractivity contribution in [1.82, 2.24) is 5.32 Å². The minimum Gasteiger partial charge on any atom is -0.381 e. The Hall–Kier alpha value is -0.160. The minimum absolute atomic E-state index is 0.409. The van der Waals surface area contributed by atoms with Gasteiger partial charge in [-0.15, -0.1) is 0 Å². The van der Waals surface area contributed by atoms with Crippen LogP contribution in [0.25, 0.3) is 0 Å². The van der Waals surface area contributed by atoms with Crippen LogP contribution < -0.4 is 5.32 Å². The largest absolute Gasteiger partial charge is 0.381 e. The van der Waals surface area contributed by atoms with Crippen molar-refractivity contribution in [2.75, 3.05) is 46.1 Å². The van der Waals surface area contributed by atoms with Gasteiger partial charge in [0.2, 0.25) is 0 Å². The second-order valence-corrected chi connectivity index (χ2v) is 4.40. The summed E-state index contributed by atoms with van der Waals surface area (Å²) in [5.74, 6) is 0. The molecule has 1 N–H and O–H groups in total. The number of rotatable bonds is 10. The van der Waals surface area contributed by atoms with Crippen LogP contribution in [-0.2, 0) is 14.2 Å². The molecular weight excluding hydrogens is 218 g/mol. The molecule has 102 valence electrons. The Kier molecular flexibility index (Phi) is 9.61. The monoisotopic (exact) mass is 245 g/mol. The van der Waals surface area contributed by atoms with Crippen molar-refractivity contribution in [3.05, 3.63) is 0 Å². The molecule has 0 amide bonds. The maximum atomic E-state index is 5.74. The summed E-state index contributed by atoms with van der Waals surface area (Å²) in [5.41, 5.74) is 0. The van der Waals surface area contributed by atoms with Gasteiger partial charge in [0.25, 0.3) is 0 Å². The molecule has 1 aliphatic heterocycles. The summed E-state index contributed by atoms with van der Waals surface area (Å²) < 4.78 is 16.5. The van der Waals surface area contributed by atoms with E-state index in [2.05, 4.69) is 12.2 Å². The topological polar surface area (TPSA) is 39.7 Å². The molecule has 0 bridgehead atoms. The molecule has 1 heterocycles. The highest BCUT2D eigenvalue weighted by atomic mass is 16.5. The Labute approximate surface area is 105 Å². The molecule has 4 heteroatoms. The van der Waals surface area contributed by atoms with E-state index in [1.165, 1.54) is 6.42 Å². The quantitative estimate of drug-likeness (QED) is 0.593. The zero-order valence-corrected chi connectivity index (χ0v) is 11.1. The summed E-state index contributed by atoms with van der Waals surface area (Å²) in [4.78, 5) is 0. The van der Waals surface area contributed by atoms with E-state index in [4.69, 9.17) is 14.2 Å². The molecule has 0 unspecified atom stereocenters. The van der Waals surface area contributed by atoms with Gasteiger partial charge >= 0.3 is 0 Å². The molecule has 0 atom stereocenters. The van der Waals surface area contributed by atoms with Crippen molar-refractivity contribution < 1.29 is 14.2 Å². The van der Waals surface area contributed by atoms with Gasteiger partial charge in [-0.3, -0.25) is 0 Å². The van der Waals surface area contributed by atoms with E-state index in [1.807, 2.05) is 0 Å². The fraction of sp³-hybridized carbons (Fsp3) is 1.00. The van der Waals surface area contributed by atoms with Crippen molar-refractivity contribution in [1.29, 1.82) is 0 Å². The van der Waals surface area contributed by atoms with Crippen molar-refractivity contribution in [2.45, 2.75) is 38.7 Å². The average molecular weight is 245 g/mol. The lowest BCUT2D eigenvalue weighted by molar-refractivity contribution is -0.0307. The fourth-order valence-electron chi connectivity index (χ4n) is 1.76. The first-order valence-corrected chi connectivity index (χ1v) is 6.91. The van der Waals surface area contributed by atoms with Crippen molar-refractivity contribution in [3.8, 4) is 0 Å². The number of hydrogen-bond acceptors (Lipinski definition) is 4. The van der Waals surface area contributed by atoms with E-state index in [0.717, 1.165) is 65.4 Å². The zero-order chi connectivity index (χ0) is 12.2. The van der Waals surface area contributed by atoms with Crippen LogP contribution in [0.3, 0.4) is 0 Å². The Bertz CT molecular complexity index is 161. The Morgan fingerprint density at radius 2 is 1.88 bits per heavy atom. The van der Waals surface area contributed by atoms with Gasteiger partial charge in [-0.25, -0.2) is 0 Å². The Morgan fingerprint density at radius 1 is 1.12 bits per heavy atom. The van der Waals surface area contributed by atoms with Crippen LogP contribution >= 0.6 is 0 Å². The van der Waals surface area contributed by atoms with Gasteiger partial charge in [-0.1, -0.05) is 13.3 Å². The molecule has 0 aromatic rings. The fourth-order valence-corrected chi connectivity index (χ4v) is 1.76. The van der Waals surface area contributed by atoms with E-state index in [9.17, 15) is 0 Å². The first kappa shape index (κ1) is 14.9.